The zero-order chi connectivity index (χ0) is 27.8. The summed E-state index contributed by atoms with van der Waals surface area (Å²) < 4.78 is 18.5. The van der Waals surface area contributed by atoms with Gasteiger partial charge in [-0.2, -0.15) is 0 Å². The van der Waals surface area contributed by atoms with Gasteiger partial charge in [0.15, 0.2) is 0 Å². The summed E-state index contributed by atoms with van der Waals surface area (Å²) in [6, 6.07) is 39.0. The Morgan fingerprint density at radius 3 is 1.68 bits per heavy atom. The summed E-state index contributed by atoms with van der Waals surface area (Å²) in [5.41, 5.74) is 4.01. The van der Waals surface area contributed by atoms with Gasteiger partial charge < -0.3 is 19.5 Å². The van der Waals surface area contributed by atoms with Gasteiger partial charge in [-0.25, -0.2) is 4.79 Å². The second-order valence-corrected chi connectivity index (χ2v) is 9.90. The first-order valence-corrected chi connectivity index (χ1v) is 14.4. The van der Waals surface area contributed by atoms with Crippen LogP contribution >= 0.6 is 15.9 Å². The summed E-state index contributed by atoms with van der Waals surface area (Å²) in [6.45, 7) is 0.944. The fourth-order valence-corrected chi connectivity index (χ4v) is 4.69. The van der Waals surface area contributed by atoms with E-state index in [0.717, 1.165) is 22.3 Å². The lowest BCUT2D eigenvalue weighted by Gasteiger charge is -2.32. The second-order valence-electron chi connectivity index (χ2n) is 9.25. The number of benzene rings is 4. The molecule has 4 aromatic carbocycles. The van der Waals surface area contributed by atoms with Crippen LogP contribution in [0.4, 0.5) is 4.79 Å². The molecule has 6 heteroatoms. The molecule has 0 aliphatic heterocycles. The lowest BCUT2D eigenvalue weighted by molar-refractivity contribution is -0.0827. The van der Waals surface area contributed by atoms with E-state index in [-0.39, 0.29) is 12.7 Å². The third-order valence-electron chi connectivity index (χ3n) is 6.26. The summed E-state index contributed by atoms with van der Waals surface area (Å²) >= 11 is 3.64. The van der Waals surface area contributed by atoms with Gasteiger partial charge in [-0.05, 0) is 22.3 Å². The molecule has 0 spiro atoms. The minimum Gasteiger partial charge on any atom is -0.445 e. The van der Waals surface area contributed by atoms with Crippen LogP contribution in [0.2, 0.25) is 0 Å². The fraction of sp³-hybridized carbons (Fsp3) is 0.206. The van der Waals surface area contributed by atoms with Crippen molar-refractivity contribution in [3.05, 3.63) is 150 Å². The van der Waals surface area contributed by atoms with Gasteiger partial charge in [0.2, 0.25) is 0 Å². The van der Waals surface area contributed by atoms with E-state index in [9.17, 15) is 4.79 Å². The number of carbonyl (C=O) groups is 1. The number of alkyl carbamates (subject to hydrolysis) is 1. The van der Waals surface area contributed by atoms with Crippen LogP contribution in [-0.2, 0) is 34.0 Å². The Morgan fingerprint density at radius 2 is 1.15 bits per heavy atom. The van der Waals surface area contributed by atoms with Crippen molar-refractivity contribution in [2.75, 3.05) is 5.33 Å². The number of amides is 1. The van der Waals surface area contributed by atoms with Crippen LogP contribution in [-0.4, -0.2) is 29.7 Å². The molecule has 0 saturated carbocycles. The highest BCUT2D eigenvalue weighted by molar-refractivity contribution is 9.09. The lowest BCUT2D eigenvalue weighted by Crippen LogP contribution is -2.50. The molecule has 1 amide bonds. The molecule has 0 radical (unpaired) electrons. The standard InChI is InChI=1S/C34H34BrNO4/c35-23-32(38-24-28-15-7-2-8-16-28)33(39-25-29-17-9-3-10-18-29)31(22-21-27-13-5-1-6-14-27)36-34(37)40-26-30-19-11-4-12-20-30/h1-22,31-33H,23-26H2,(H,36,37)/b22-21+/t31-,32+,33+/m0/s1. The van der Waals surface area contributed by atoms with E-state index in [1.165, 1.54) is 0 Å². The van der Waals surface area contributed by atoms with E-state index in [0.29, 0.717) is 18.5 Å². The second kappa shape index (κ2) is 16.4. The highest BCUT2D eigenvalue weighted by atomic mass is 79.9. The highest BCUT2D eigenvalue weighted by Crippen LogP contribution is 2.19. The molecule has 4 rings (SSSR count). The van der Waals surface area contributed by atoms with E-state index in [4.69, 9.17) is 14.2 Å². The molecule has 4 aromatic rings. The molecule has 0 aliphatic carbocycles. The summed E-state index contributed by atoms with van der Waals surface area (Å²) in [4.78, 5) is 13.0. The first-order chi connectivity index (χ1) is 19.7. The monoisotopic (exact) mass is 599 g/mol. The van der Waals surface area contributed by atoms with E-state index in [1.807, 2.05) is 133 Å². The van der Waals surface area contributed by atoms with Crippen LogP contribution in [0.5, 0.6) is 0 Å². The topological polar surface area (TPSA) is 56.8 Å². The third kappa shape index (κ3) is 9.79. The number of halogens is 1. The molecule has 0 bridgehead atoms. The average Bonchev–Trinajstić information content (AvgIpc) is 3.02. The third-order valence-corrected chi connectivity index (χ3v) is 6.90. The zero-order valence-corrected chi connectivity index (χ0v) is 23.9. The number of ether oxygens (including phenoxy) is 3. The maximum absolute atomic E-state index is 13.0. The van der Waals surface area contributed by atoms with E-state index >= 15 is 0 Å². The molecule has 0 saturated heterocycles. The largest absolute Gasteiger partial charge is 0.445 e. The minimum absolute atomic E-state index is 0.170. The molecule has 5 nitrogen and oxygen atoms in total. The van der Waals surface area contributed by atoms with Gasteiger partial charge in [0.05, 0.1) is 25.4 Å². The smallest absolute Gasteiger partial charge is 0.408 e. The van der Waals surface area contributed by atoms with Gasteiger partial charge in [-0.1, -0.05) is 149 Å². The van der Waals surface area contributed by atoms with Crippen molar-refractivity contribution in [3.63, 3.8) is 0 Å². The van der Waals surface area contributed by atoms with Gasteiger partial charge in [-0.15, -0.1) is 0 Å². The van der Waals surface area contributed by atoms with Crippen LogP contribution in [0.15, 0.2) is 127 Å². The molecule has 0 aliphatic rings. The van der Waals surface area contributed by atoms with Crippen molar-refractivity contribution in [2.24, 2.45) is 0 Å². The van der Waals surface area contributed by atoms with Crippen LogP contribution in [0.3, 0.4) is 0 Å². The van der Waals surface area contributed by atoms with Crippen LogP contribution < -0.4 is 5.32 Å². The van der Waals surface area contributed by atoms with Gasteiger partial charge in [-0.3, -0.25) is 0 Å². The maximum Gasteiger partial charge on any atom is 0.408 e. The van der Waals surface area contributed by atoms with Crippen molar-refractivity contribution in [1.82, 2.24) is 5.32 Å². The van der Waals surface area contributed by atoms with Crippen molar-refractivity contribution < 1.29 is 19.0 Å². The molecule has 206 valence electrons. The predicted molar refractivity (Wildman–Crippen MR) is 163 cm³/mol. The fourth-order valence-electron chi connectivity index (χ4n) is 4.13. The number of nitrogens with one attached hydrogen (secondary N) is 1. The van der Waals surface area contributed by atoms with E-state index in [2.05, 4.69) is 21.2 Å². The Balaban J connectivity index is 1.56. The van der Waals surface area contributed by atoms with Gasteiger partial charge >= 0.3 is 6.09 Å². The Morgan fingerprint density at radius 1 is 0.675 bits per heavy atom. The van der Waals surface area contributed by atoms with Crippen LogP contribution in [0.1, 0.15) is 22.3 Å². The Hall–Kier alpha value is -3.71. The van der Waals surface area contributed by atoms with Gasteiger partial charge in [0.1, 0.15) is 12.7 Å². The summed E-state index contributed by atoms with van der Waals surface area (Å²) in [5.74, 6) is 0. The van der Waals surface area contributed by atoms with E-state index in [1.54, 1.807) is 0 Å². The molecule has 0 unspecified atom stereocenters. The summed E-state index contributed by atoms with van der Waals surface area (Å²) in [6.07, 6.45) is 2.49. The molecule has 0 aromatic heterocycles. The maximum atomic E-state index is 13.0. The number of hydrogen-bond acceptors (Lipinski definition) is 4. The summed E-state index contributed by atoms with van der Waals surface area (Å²) in [7, 11) is 0. The predicted octanol–water partition coefficient (Wildman–Crippen LogP) is 7.56. The van der Waals surface area contributed by atoms with Crippen LogP contribution in [0.25, 0.3) is 6.08 Å². The Labute approximate surface area is 244 Å². The normalized spacial score (nSPS) is 13.4. The average molecular weight is 601 g/mol. The molecular formula is C34H34BrNO4. The zero-order valence-electron chi connectivity index (χ0n) is 22.3. The van der Waals surface area contributed by atoms with Crippen LogP contribution in [0, 0.1) is 0 Å². The number of alkyl halides is 1. The molecule has 40 heavy (non-hydrogen) atoms. The number of hydrogen-bond donors (Lipinski definition) is 1. The lowest BCUT2D eigenvalue weighted by atomic mass is 10.0. The van der Waals surface area contributed by atoms with E-state index < -0.39 is 18.2 Å². The SMILES string of the molecule is O=C(N[C@@H](/C=C/c1ccccc1)[C@@H](OCc1ccccc1)[C@@H](CBr)OCc1ccccc1)OCc1ccccc1. The van der Waals surface area contributed by atoms with Crippen molar-refractivity contribution >= 4 is 28.1 Å². The molecule has 3 atom stereocenters. The Bertz CT molecular complexity index is 1290. The molecule has 0 fully saturated rings. The molecular weight excluding hydrogens is 566 g/mol. The minimum atomic E-state index is -0.537. The Kier molecular flexibility index (Phi) is 12.0. The number of rotatable bonds is 14. The first-order valence-electron chi connectivity index (χ1n) is 13.3. The quantitative estimate of drug-likeness (QED) is 0.152. The summed E-state index contributed by atoms with van der Waals surface area (Å²) in [5, 5.41) is 3.54. The molecule has 1 N–H and O–H groups in total. The number of carbonyl (C=O) groups excluding carboxylic acids is 1. The van der Waals surface area contributed by atoms with Crippen molar-refractivity contribution in [2.45, 2.75) is 38.1 Å². The highest BCUT2D eigenvalue weighted by Gasteiger charge is 2.31. The van der Waals surface area contributed by atoms with Crippen molar-refractivity contribution in [3.8, 4) is 0 Å². The van der Waals surface area contributed by atoms with Gasteiger partial charge in [0, 0.05) is 5.33 Å². The van der Waals surface area contributed by atoms with Crippen molar-refractivity contribution in [1.29, 1.82) is 0 Å². The molecule has 0 heterocycles. The van der Waals surface area contributed by atoms with Gasteiger partial charge in [0.25, 0.3) is 0 Å². The first kappa shape index (κ1) is 29.3.